The molecule has 0 bridgehead atoms. The van der Waals surface area contributed by atoms with Crippen LogP contribution in [0.1, 0.15) is 31.2 Å². The Labute approximate surface area is 97.2 Å². The van der Waals surface area contributed by atoms with E-state index in [1.54, 1.807) is 18.2 Å². The Morgan fingerprint density at radius 3 is 2.44 bits per heavy atom. The number of aryl methyl sites for hydroxylation is 1. The van der Waals surface area contributed by atoms with Gasteiger partial charge in [0.1, 0.15) is 0 Å². The highest BCUT2D eigenvalue weighted by Gasteiger charge is 2.13. The molecule has 1 N–H and O–H groups in total. The number of rotatable bonds is 6. The van der Waals surface area contributed by atoms with Crippen LogP contribution in [0, 0.1) is 6.92 Å². The van der Waals surface area contributed by atoms with Gasteiger partial charge in [-0.25, -0.2) is 0 Å². The Balaban J connectivity index is 2.73. The van der Waals surface area contributed by atoms with Crippen LogP contribution in [0.4, 0.5) is 0 Å². The molecule has 0 heterocycles. The molecule has 1 radical (unpaired) electrons. The van der Waals surface area contributed by atoms with Crippen LogP contribution in [0.3, 0.4) is 0 Å². The molecular weight excluding hydrogens is 224 g/mol. The Hall–Kier alpha value is -0.870. The Morgan fingerprint density at radius 1 is 1.12 bits per heavy atom. The van der Waals surface area contributed by atoms with Crippen LogP contribution >= 0.6 is 0 Å². The van der Waals surface area contributed by atoms with E-state index in [4.69, 9.17) is 4.55 Å². The Bertz CT molecular complexity index is 424. The lowest BCUT2D eigenvalue weighted by Crippen LogP contribution is -2.03. The van der Waals surface area contributed by atoms with Gasteiger partial charge in [0.25, 0.3) is 10.1 Å². The van der Waals surface area contributed by atoms with Gasteiger partial charge in [0.05, 0.1) is 4.90 Å². The second-order valence-electron chi connectivity index (χ2n) is 3.75. The molecule has 0 atom stereocenters. The topological polar surface area (TPSA) is 54.4 Å². The molecule has 1 aromatic carbocycles. The summed E-state index contributed by atoms with van der Waals surface area (Å²) < 4.78 is 31.2. The van der Waals surface area contributed by atoms with Crippen LogP contribution in [-0.2, 0) is 16.5 Å². The zero-order valence-electron chi connectivity index (χ0n) is 9.22. The molecule has 0 aliphatic heterocycles. The highest BCUT2D eigenvalue weighted by atomic mass is 32.2. The molecule has 0 aliphatic rings. The summed E-state index contributed by atoms with van der Waals surface area (Å²) in [5, 5.41) is 0. The number of benzene rings is 1. The SMILES string of the molecule is [CH2]CCCCCc1ccccc1S(=O)(=O)O. The largest absolute Gasteiger partial charge is 0.294 e. The van der Waals surface area contributed by atoms with Crippen LogP contribution in [-0.4, -0.2) is 13.0 Å². The summed E-state index contributed by atoms with van der Waals surface area (Å²) in [6, 6.07) is 6.58. The summed E-state index contributed by atoms with van der Waals surface area (Å²) in [7, 11) is -4.09. The lowest BCUT2D eigenvalue weighted by Gasteiger charge is -2.06. The Kier molecular flexibility index (Phi) is 4.96. The minimum Gasteiger partial charge on any atom is -0.282 e. The van der Waals surface area contributed by atoms with E-state index in [-0.39, 0.29) is 4.90 Å². The third kappa shape index (κ3) is 3.94. The fourth-order valence-corrected chi connectivity index (χ4v) is 2.38. The predicted molar refractivity (Wildman–Crippen MR) is 63.8 cm³/mol. The maximum absolute atomic E-state index is 11.1. The van der Waals surface area contributed by atoms with E-state index in [2.05, 4.69) is 6.92 Å². The van der Waals surface area contributed by atoms with E-state index in [0.29, 0.717) is 12.0 Å². The molecule has 1 rings (SSSR count). The monoisotopic (exact) mass is 241 g/mol. The second-order valence-corrected chi connectivity index (χ2v) is 5.14. The molecule has 0 amide bonds. The van der Waals surface area contributed by atoms with Crippen LogP contribution in [0.25, 0.3) is 0 Å². The van der Waals surface area contributed by atoms with Crippen molar-refractivity contribution in [3.8, 4) is 0 Å². The van der Waals surface area contributed by atoms with Crippen molar-refractivity contribution >= 4 is 10.1 Å². The first-order valence-corrected chi connectivity index (χ1v) is 6.84. The summed E-state index contributed by atoms with van der Waals surface area (Å²) in [6.07, 6.45) is 4.58. The molecule has 0 spiro atoms. The predicted octanol–water partition coefficient (Wildman–Crippen LogP) is 2.87. The molecule has 89 valence electrons. The zero-order chi connectivity index (χ0) is 12.0. The van der Waals surface area contributed by atoms with E-state index >= 15 is 0 Å². The van der Waals surface area contributed by atoms with Crippen LogP contribution in [0.15, 0.2) is 29.2 Å². The molecule has 4 heteroatoms. The summed E-state index contributed by atoms with van der Waals surface area (Å²) in [4.78, 5) is 0.0321. The molecule has 0 aliphatic carbocycles. The highest BCUT2D eigenvalue weighted by molar-refractivity contribution is 7.85. The molecular formula is C12H17O3S. The van der Waals surface area contributed by atoms with Gasteiger partial charge >= 0.3 is 0 Å². The van der Waals surface area contributed by atoms with Crippen molar-refractivity contribution in [1.29, 1.82) is 0 Å². The lowest BCUT2D eigenvalue weighted by molar-refractivity contribution is 0.481. The zero-order valence-corrected chi connectivity index (χ0v) is 10.0. The van der Waals surface area contributed by atoms with Gasteiger partial charge in [-0.2, -0.15) is 8.42 Å². The average molecular weight is 241 g/mol. The van der Waals surface area contributed by atoms with Crippen LogP contribution < -0.4 is 0 Å². The summed E-state index contributed by atoms with van der Waals surface area (Å²) in [6.45, 7) is 3.75. The van der Waals surface area contributed by atoms with Crippen molar-refractivity contribution in [2.45, 2.75) is 37.0 Å². The van der Waals surface area contributed by atoms with E-state index in [1.165, 1.54) is 6.07 Å². The molecule has 0 fully saturated rings. The number of hydrogen-bond donors (Lipinski definition) is 1. The number of unbranched alkanes of at least 4 members (excludes halogenated alkanes) is 3. The van der Waals surface area contributed by atoms with E-state index in [0.717, 1.165) is 25.7 Å². The van der Waals surface area contributed by atoms with Crippen molar-refractivity contribution in [2.75, 3.05) is 0 Å². The minimum atomic E-state index is -4.09. The first-order valence-electron chi connectivity index (χ1n) is 5.40. The summed E-state index contributed by atoms with van der Waals surface area (Å²) in [5.41, 5.74) is 0.689. The van der Waals surface area contributed by atoms with Crippen molar-refractivity contribution in [3.05, 3.63) is 36.8 Å². The van der Waals surface area contributed by atoms with Gasteiger partial charge in [-0.1, -0.05) is 44.4 Å². The quantitative estimate of drug-likeness (QED) is 0.615. The first-order chi connectivity index (χ1) is 7.55. The second kappa shape index (κ2) is 6.01. The van der Waals surface area contributed by atoms with Gasteiger partial charge in [0.2, 0.25) is 0 Å². The lowest BCUT2D eigenvalue weighted by atomic mass is 10.1. The molecule has 0 saturated heterocycles. The molecule has 0 unspecified atom stereocenters. The van der Waals surface area contributed by atoms with E-state index in [1.807, 2.05) is 0 Å². The third-order valence-corrected chi connectivity index (χ3v) is 3.40. The molecule has 3 nitrogen and oxygen atoms in total. The molecule has 1 aromatic rings. The van der Waals surface area contributed by atoms with Gasteiger partial charge in [-0.05, 0) is 24.5 Å². The Morgan fingerprint density at radius 2 is 1.81 bits per heavy atom. The minimum absolute atomic E-state index is 0.0321. The standard InChI is InChI=1S/C12H17O3S/c1-2-3-4-5-8-11-9-6-7-10-12(11)16(13,14)15/h6-7,9-10H,1-5,8H2,(H,13,14,15). The molecule has 16 heavy (non-hydrogen) atoms. The third-order valence-electron chi connectivity index (χ3n) is 2.45. The summed E-state index contributed by atoms with van der Waals surface area (Å²) >= 11 is 0. The fraction of sp³-hybridized carbons (Fsp3) is 0.417. The van der Waals surface area contributed by atoms with E-state index < -0.39 is 10.1 Å². The van der Waals surface area contributed by atoms with Crippen molar-refractivity contribution in [3.63, 3.8) is 0 Å². The maximum atomic E-state index is 11.1. The van der Waals surface area contributed by atoms with Gasteiger partial charge in [-0.3, -0.25) is 4.55 Å². The molecule has 0 aromatic heterocycles. The first kappa shape index (κ1) is 13.2. The summed E-state index contributed by atoms with van der Waals surface area (Å²) in [5.74, 6) is 0. The van der Waals surface area contributed by atoms with Gasteiger partial charge in [-0.15, -0.1) is 0 Å². The van der Waals surface area contributed by atoms with Crippen molar-refractivity contribution in [2.24, 2.45) is 0 Å². The van der Waals surface area contributed by atoms with E-state index in [9.17, 15) is 8.42 Å². The highest BCUT2D eigenvalue weighted by Crippen LogP contribution is 2.17. The van der Waals surface area contributed by atoms with Gasteiger partial charge < -0.3 is 0 Å². The smallest absolute Gasteiger partial charge is 0.282 e. The normalized spacial score (nSPS) is 11.6. The average Bonchev–Trinajstić information content (AvgIpc) is 2.24. The van der Waals surface area contributed by atoms with Crippen molar-refractivity contribution < 1.29 is 13.0 Å². The molecule has 0 saturated carbocycles. The van der Waals surface area contributed by atoms with Gasteiger partial charge in [0.15, 0.2) is 0 Å². The fourth-order valence-electron chi connectivity index (χ4n) is 1.63. The van der Waals surface area contributed by atoms with Crippen molar-refractivity contribution in [1.82, 2.24) is 0 Å². The maximum Gasteiger partial charge on any atom is 0.294 e. The van der Waals surface area contributed by atoms with Gasteiger partial charge in [0, 0.05) is 0 Å². The van der Waals surface area contributed by atoms with Crippen LogP contribution in [0.2, 0.25) is 0 Å². The number of hydrogen-bond acceptors (Lipinski definition) is 2. The van der Waals surface area contributed by atoms with Crippen LogP contribution in [0.5, 0.6) is 0 Å².